The van der Waals surface area contributed by atoms with Crippen LogP contribution in [0.4, 0.5) is 0 Å². The van der Waals surface area contributed by atoms with Crippen LogP contribution in [0.1, 0.15) is 53.8 Å². The lowest BCUT2D eigenvalue weighted by Gasteiger charge is -2.35. The summed E-state index contributed by atoms with van der Waals surface area (Å²) in [6.45, 7) is 1.72. The maximum Gasteiger partial charge on any atom is 0.372 e. The normalized spacial score (nSPS) is 18.6. The summed E-state index contributed by atoms with van der Waals surface area (Å²) in [5, 5.41) is 9.21. The van der Waals surface area contributed by atoms with E-state index in [-0.39, 0.29) is 5.76 Å². The molecule has 1 aromatic carbocycles. The van der Waals surface area contributed by atoms with Crippen LogP contribution in [-0.4, -0.2) is 28.6 Å². The van der Waals surface area contributed by atoms with Gasteiger partial charge in [-0.05, 0) is 50.3 Å². The van der Waals surface area contributed by atoms with Gasteiger partial charge in [-0.15, -0.1) is 0 Å². The molecule has 0 aliphatic carbocycles. The Morgan fingerprint density at radius 2 is 2.04 bits per heavy atom. The second kappa shape index (κ2) is 8.15. The summed E-state index contributed by atoms with van der Waals surface area (Å²) in [5.74, 6) is -0.892. The summed E-state index contributed by atoms with van der Waals surface area (Å²) >= 11 is 0. The largest absolute Gasteiger partial charge is 0.475 e. The molecule has 0 saturated carbocycles. The van der Waals surface area contributed by atoms with E-state index in [0.717, 1.165) is 24.9 Å². The van der Waals surface area contributed by atoms with Gasteiger partial charge >= 0.3 is 5.97 Å². The maximum absolute atomic E-state index is 11.2. The lowest BCUT2D eigenvalue weighted by molar-refractivity contribution is 0.0655. The molecule has 1 fully saturated rings. The lowest BCUT2D eigenvalue weighted by atomic mass is 9.95. The minimum Gasteiger partial charge on any atom is -0.475 e. The molecule has 3 rings (SSSR count). The average molecular weight is 327 g/mol. The first-order chi connectivity index (χ1) is 11.7. The van der Waals surface area contributed by atoms with Crippen LogP contribution in [0.5, 0.6) is 0 Å². The monoisotopic (exact) mass is 327 g/mol. The van der Waals surface area contributed by atoms with E-state index in [1.165, 1.54) is 37.5 Å². The van der Waals surface area contributed by atoms with Gasteiger partial charge in [0.1, 0.15) is 0 Å². The fraction of sp³-hybridized carbons (Fsp3) is 0.450. The second-order valence-corrected chi connectivity index (χ2v) is 6.58. The van der Waals surface area contributed by atoms with Gasteiger partial charge in [0.05, 0.1) is 6.26 Å². The van der Waals surface area contributed by atoms with Gasteiger partial charge in [0, 0.05) is 18.2 Å². The number of benzene rings is 1. The van der Waals surface area contributed by atoms with Crippen LogP contribution in [0.2, 0.25) is 0 Å². The summed E-state index contributed by atoms with van der Waals surface area (Å²) in [6.07, 6.45) is 8.58. The van der Waals surface area contributed by atoms with Crippen molar-refractivity contribution >= 4 is 5.97 Å². The van der Waals surface area contributed by atoms with Crippen molar-refractivity contribution in [2.24, 2.45) is 0 Å². The molecule has 1 atom stereocenters. The highest BCUT2D eigenvalue weighted by Gasteiger charge is 2.24. The van der Waals surface area contributed by atoms with Crippen LogP contribution in [0.3, 0.4) is 0 Å². The summed E-state index contributed by atoms with van der Waals surface area (Å²) < 4.78 is 5.12. The summed E-state index contributed by atoms with van der Waals surface area (Å²) in [7, 11) is 0. The Labute approximate surface area is 143 Å². The van der Waals surface area contributed by atoms with Crippen molar-refractivity contribution in [1.29, 1.82) is 0 Å². The van der Waals surface area contributed by atoms with Crippen LogP contribution in [0.15, 0.2) is 47.1 Å². The van der Waals surface area contributed by atoms with Gasteiger partial charge in [-0.25, -0.2) is 4.79 Å². The Morgan fingerprint density at radius 1 is 1.21 bits per heavy atom. The average Bonchev–Trinajstić information content (AvgIpc) is 3.06. The molecule has 0 radical (unpaired) electrons. The third-order valence-corrected chi connectivity index (χ3v) is 4.91. The lowest BCUT2D eigenvalue weighted by Crippen LogP contribution is -2.39. The van der Waals surface area contributed by atoms with Crippen molar-refractivity contribution in [3.05, 3.63) is 59.5 Å². The first-order valence-electron chi connectivity index (χ1n) is 8.81. The van der Waals surface area contributed by atoms with Crippen LogP contribution in [-0.2, 0) is 13.0 Å². The standard InChI is InChI=1S/C20H25NO3/c22-20(23)19-17(12-14-24-19)15-21-13-5-4-10-18(21)11-6-9-16-7-2-1-3-8-16/h1-3,7-8,12,14,18H,4-6,9-11,13,15H2,(H,22,23). The molecular weight excluding hydrogens is 302 g/mol. The first-order valence-corrected chi connectivity index (χ1v) is 8.81. The maximum atomic E-state index is 11.2. The van der Waals surface area contributed by atoms with Crippen molar-refractivity contribution in [2.75, 3.05) is 6.54 Å². The molecule has 1 unspecified atom stereocenters. The molecule has 2 heterocycles. The number of carboxylic acid groups (broad SMARTS) is 1. The molecule has 2 aromatic rings. The number of rotatable bonds is 7. The zero-order chi connectivity index (χ0) is 16.8. The number of aromatic carboxylic acids is 1. The molecule has 1 aliphatic rings. The summed E-state index contributed by atoms with van der Waals surface area (Å²) in [5.41, 5.74) is 2.18. The van der Waals surface area contributed by atoms with E-state index in [1.807, 2.05) is 0 Å². The molecule has 4 heteroatoms. The van der Waals surface area contributed by atoms with Gasteiger partial charge in [-0.2, -0.15) is 0 Å². The van der Waals surface area contributed by atoms with E-state index in [1.54, 1.807) is 6.07 Å². The molecular formula is C20H25NO3. The van der Waals surface area contributed by atoms with Crippen LogP contribution in [0, 0.1) is 0 Å². The van der Waals surface area contributed by atoms with Crippen molar-refractivity contribution in [3.63, 3.8) is 0 Å². The molecule has 24 heavy (non-hydrogen) atoms. The van der Waals surface area contributed by atoms with Gasteiger partial charge in [-0.1, -0.05) is 36.8 Å². The fourth-order valence-corrected chi connectivity index (χ4v) is 3.65. The highest BCUT2D eigenvalue weighted by Crippen LogP contribution is 2.25. The van der Waals surface area contributed by atoms with E-state index < -0.39 is 5.97 Å². The quantitative estimate of drug-likeness (QED) is 0.821. The number of hydrogen-bond donors (Lipinski definition) is 1. The Morgan fingerprint density at radius 3 is 2.83 bits per heavy atom. The molecule has 1 saturated heterocycles. The molecule has 128 valence electrons. The molecule has 1 aromatic heterocycles. The molecule has 1 N–H and O–H groups in total. The minimum atomic E-state index is -0.979. The molecule has 4 nitrogen and oxygen atoms in total. The molecule has 0 amide bonds. The number of carboxylic acids is 1. The van der Waals surface area contributed by atoms with Gasteiger partial charge in [0.2, 0.25) is 5.76 Å². The smallest absolute Gasteiger partial charge is 0.372 e. The number of piperidine rings is 1. The first kappa shape index (κ1) is 16.8. The highest BCUT2D eigenvalue weighted by molar-refractivity contribution is 5.86. The van der Waals surface area contributed by atoms with Gasteiger partial charge in [0.25, 0.3) is 0 Å². The number of nitrogens with zero attached hydrogens (tertiary/aromatic N) is 1. The highest BCUT2D eigenvalue weighted by atomic mass is 16.4. The Balaban J connectivity index is 1.57. The number of likely N-dealkylation sites (tertiary alicyclic amines) is 1. The predicted molar refractivity (Wildman–Crippen MR) is 93.1 cm³/mol. The Hall–Kier alpha value is -2.07. The van der Waals surface area contributed by atoms with Gasteiger partial charge < -0.3 is 9.52 Å². The molecule has 0 bridgehead atoms. The minimum absolute atomic E-state index is 0.0867. The van der Waals surface area contributed by atoms with E-state index >= 15 is 0 Å². The van der Waals surface area contributed by atoms with Crippen molar-refractivity contribution in [1.82, 2.24) is 4.90 Å². The number of aryl methyl sites for hydroxylation is 1. The van der Waals surface area contributed by atoms with E-state index in [0.29, 0.717) is 12.6 Å². The molecule has 1 aliphatic heterocycles. The van der Waals surface area contributed by atoms with Crippen LogP contribution in [0.25, 0.3) is 0 Å². The molecule has 0 spiro atoms. The van der Waals surface area contributed by atoms with Gasteiger partial charge in [-0.3, -0.25) is 4.90 Å². The SMILES string of the molecule is O=C(O)c1occc1CN1CCCCC1CCCc1ccccc1. The number of carbonyl (C=O) groups is 1. The van der Waals surface area contributed by atoms with Gasteiger partial charge in [0.15, 0.2) is 0 Å². The number of furan rings is 1. The zero-order valence-corrected chi connectivity index (χ0v) is 14.0. The fourth-order valence-electron chi connectivity index (χ4n) is 3.65. The van der Waals surface area contributed by atoms with Crippen LogP contribution < -0.4 is 0 Å². The van der Waals surface area contributed by atoms with E-state index in [9.17, 15) is 9.90 Å². The van der Waals surface area contributed by atoms with Crippen LogP contribution >= 0.6 is 0 Å². The Bertz CT molecular complexity index is 650. The predicted octanol–water partition coefficient (Wildman–Crippen LogP) is 4.36. The Kier molecular flexibility index (Phi) is 5.70. The summed E-state index contributed by atoms with van der Waals surface area (Å²) in [4.78, 5) is 13.7. The number of hydrogen-bond acceptors (Lipinski definition) is 3. The zero-order valence-electron chi connectivity index (χ0n) is 14.0. The third kappa shape index (κ3) is 4.26. The van der Waals surface area contributed by atoms with E-state index in [4.69, 9.17) is 4.42 Å². The topological polar surface area (TPSA) is 53.7 Å². The van der Waals surface area contributed by atoms with E-state index in [2.05, 4.69) is 35.2 Å². The second-order valence-electron chi connectivity index (χ2n) is 6.58. The van der Waals surface area contributed by atoms with Crippen molar-refractivity contribution in [2.45, 2.75) is 51.1 Å². The van der Waals surface area contributed by atoms with Crippen molar-refractivity contribution in [3.8, 4) is 0 Å². The third-order valence-electron chi connectivity index (χ3n) is 4.91. The van der Waals surface area contributed by atoms with Crippen molar-refractivity contribution < 1.29 is 14.3 Å². The summed E-state index contributed by atoms with van der Waals surface area (Å²) in [6, 6.07) is 12.9.